The summed E-state index contributed by atoms with van der Waals surface area (Å²) in [6, 6.07) is 88.4. The number of carbonyl (C=O) groups excluding carboxylic acids is 5. The molecule has 27 nitrogen and oxygen atoms in total. The number of aromatic amines is 5. The lowest BCUT2D eigenvalue weighted by Crippen LogP contribution is -2.22. The van der Waals surface area contributed by atoms with Crippen LogP contribution in [0, 0.1) is 5.82 Å². The first kappa shape index (κ1) is 96.6. The molecule has 5 amide bonds. The second-order valence-electron chi connectivity index (χ2n) is 33.3. The molecule has 34 heteroatoms. The third-order valence-electron chi connectivity index (χ3n) is 23.7. The monoisotopic (exact) mass is 2020 g/mol. The summed E-state index contributed by atoms with van der Waals surface area (Å²) in [5, 5.41) is 67.2. The van der Waals surface area contributed by atoms with E-state index in [1.807, 2.05) is 187 Å². The number of carbonyl (C=O) groups is 5. The number of halogens is 1. The molecule has 0 bridgehead atoms. The summed E-state index contributed by atoms with van der Waals surface area (Å²) in [4.78, 5) is 69.8. The van der Waals surface area contributed by atoms with Crippen molar-refractivity contribution < 1.29 is 56.8 Å². The first-order chi connectivity index (χ1) is 70.4. The van der Waals surface area contributed by atoms with Crippen LogP contribution in [0.4, 0.5) is 27.1 Å². The lowest BCUT2D eigenvalue weighted by atomic mass is 10.0. The predicted molar refractivity (Wildman–Crippen MR) is 583 cm³/mol. The van der Waals surface area contributed by atoms with E-state index in [1.165, 1.54) is 57.7 Å². The quantitative estimate of drug-likeness (QED) is 0.0241. The number of ether oxygens (including phenoxy) is 6. The zero-order valence-corrected chi connectivity index (χ0v) is 83.8. The van der Waals surface area contributed by atoms with Crippen LogP contribution in [0.1, 0.15) is 43.3 Å². The lowest BCUT2D eigenvalue weighted by molar-refractivity contribution is -0.117. The summed E-state index contributed by atoms with van der Waals surface area (Å²) in [5.41, 5.74) is 12.3. The Kier molecular flexibility index (Phi) is 29.4. The van der Waals surface area contributed by atoms with Crippen LogP contribution in [0.25, 0.3) is 159 Å². The minimum Gasteiger partial charge on any atom is -0.497 e. The van der Waals surface area contributed by atoms with Crippen molar-refractivity contribution in [2.75, 3.05) is 91.2 Å². The van der Waals surface area contributed by atoms with Gasteiger partial charge in [0.15, 0.2) is 28.8 Å². The molecular formula is C110H93FN16O11S6. The molecule has 0 saturated carbocycles. The first-order valence-electron chi connectivity index (χ1n) is 45.5. The number of H-pyrrole nitrogens is 5. The zero-order valence-electron chi connectivity index (χ0n) is 78.9. The van der Waals surface area contributed by atoms with E-state index >= 15 is 0 Å². The average molecular weight is 2030 g/mol. The summed E-state index contributed by atoms with van der Waals surface area (Å²) in [5.74, 6) is 1.95. The Morgan fingerprint density at radius 3 is 1.25 bits per heavy atom. The molecule has 11 heterocycles. The van der Waals surface area contributed by atoms with Crippen molar-refractivity contribution >= 4 is 226 Å². The SMILES string of the molecule is COCCC(=O)Nc1ccc2[nH]nc(-c3cc4ccccc4s3)c2c1OC.COc1c(NC(=O)CCN(C)C)ccc2[nH]nc(-c3cc4ccccc4s3)c12.COc1c(NC(=O)Cc2cccs2)ccc2[nH]nc(-c3cc4ccccc4s3)c12.COc1c(NC(=O)c2cccs2)ccc2[nH]nc(-c3cc4ccccc4s3)c12.COc1cccc(C(=O)NCc2cc(F)c3n[nH]c(-c4ccc5ccccc5c4)c3c2)c1. The Balaban J connectivity index is 0.000000114. The fraction of sp³-hybridized carbons (Fsp3) is 0.127. The van der Waals surface area contributed by atoms with E-state index in [-0.39, 0.29) is 48.0 Å². The second kappa shape index (κ2) is 43.8. The Bertz CT molecular complexity index is 8520. The van der Waals surface area contributed by atoms with Gasteiger partial charge in [0.1, 0.15) is 34.0 Å². The van der Waals surface area contributed by atoms with Gasteiger partial charge in [-0.15, -0.1) is 68.0 Å². The number of hydrogen-bond acceptors (Lipinski definition) is 23. The molecule has 23 rings (SSSR count). The van der Waals surface area contributed by atoms with E-state index < -0.39 is 5.82 Å². The molecule has 12 aromatic carbocycles. The van der Waals surface area contributed by atoms with Crippen molar-refractivity contribution in [3.8, 4) is 82.3 Å². The van der Waals surface area contributed by atoms with Crippen LogP contribution in [0.2, 0.25) is 0 Å². The maximum absolute atomic E-state index is 14.8. The van der Waals surface area contributed by atoms with Gasteiger partial charge in [0, 0.05) is 66.8 Å². The maximum Gasteiger partial charge on any atom is 0.265 e. The number of aromatic nitrogens is 10. The van der Waals surface area contributed by atoms with E-state index in [9.17, 15) is 28.4 Å². The van der Waals surface area contributed by atoms with Crippen LogP contribution in [0.5, 0.6) is 28.7 Å². The van der Waals surface area contributed by atoms with Crippen molar-refractivity contribution in [3.05, 3.63) is 310 Å². The van der Waals surface area contributed by atoms with Gasteiger partial charge < -0.3 is 59.9 Å². The van der Waals surface area contributed by atoms with Crippen molar-refractivity contribution in [1.82, 2.24) is 61.2 Å². The number of amides is 5. The van der Waals surface area contributed by atoms with E-state index in [0.29, 0.717) is 98.9 Å². The van der Waals surface area contributed by atoms with Gasteiger partial charge in [-0.05, 0) is 208 Å². The molecule has 0 atom stereocenters. The molecule has 0 aliphatic rings. The van der Waals surface area contributed by atoms with E-state index in [0.717, 1.165) is 113 Å². The van der Waals surface area contributed by atoms with Crippen molar-refractivity contribution in [1.29, 1.82) is 0 Å². The molecule has 11 aromatic heterocycles. The van der Waals surface area contributed by atoms with Crippen LogP contribution < -0.4 is 50.3 Å². The van der Waals surface area contributed by atoms with Gasteiger partial charge >= 0.3 is 0 Å². The molecule has 0 spiro atoms. The van der Waals surface area contributed by atoms with E-state index in [4.69, 9.17) is 28.4 Å². The fourth-order valence-electron chi connectivity index (χ4n) is 16.8. The minimum atomic E-state index is -0.434. The number of methoxy groups -OCH3 is 6. The number of nitrogens with one attached hydrogen (secondary N) is 10. The molecule has 0 radical (unpaired) electrons. The predicted octanol–water partition coefficient (Wildman–Crippen LogP) is 25.7. The molecule has 10 N–H and O–H groups in total. The number of hydrogen-bond donors (Lipinski definition) is 10. The Hall–Kier alpha value is -16.3. The lowest BCUT2D eigenvalue weighted by Gasteiger charge is -2.13. The molecule has 0 aliphatic carbocycles. The Morgan fingerprint density at radius 2 is 0.819 bits per heavy atom. The highest BCUT2D eigenvalue weighted by Crippen LogP contribution is 2.48. The number of rotatable bonds is 26. The highest BCUT2D eigenvalue weighted by molar-refractivity contribution is 7.23. The number of anilines is 4. The number of thiophene rings is 6. The van der Waals surface area contributed by atoms with Gasteiger partial charge in [0.25, 0.3) is 11.8 Å². The van der Waals surface area contributed by atoms with Gasteiger partial charge in [-0.1, -0.05) is 127 Å². The third-order valence-corrected chi connectivity index (χ3v) is 30.0. The van der Waals surface area contributed by atoms with Gasteiger partial charge in [0.2, 0.25) is 17.7 Å². The van der Waals surface area contributed by atoms with Crippen LogP contribution in [0.15, 0.2) is 284 Å². The highest BCUT2D eigenvalue weighted by Gasteiger charge is 2.27. The first-order valence-corrected chi connectivity index (χ1v) is 50.5. The number of fused-ring (bicyclic) bond motifs is 10. The smallest absolute Gasteiger partial charge is 0.265 e. The molecule has 722 valence electrons. The van der Waals surface area contributed by atoms with Crippen LogP contribution >= 0.6 is 68.0 Å². The van der Waals surface area contributed by atoms with Crippen LogP contribution in [-0.2, 0) is 32.1 Å². The summed E-state index contributed by atoms with van der Waals surface area (Å²) in [6.45, 7) is 1.25. The summed E-state index contributed by atoms with van der Waals surface area (Å²) in [7, 11) is 13.5. The number of nitrogens with zero attached hydrogens (tertiary/aromatic N) is 6. The van der Waals surface area contributed by atoms with Gasteiger partial charge in [0.05, 0.1) is 151 Å². The van der Waals surface area contributed by atoms with Crippen LogP contribution in [-0.4, -0.2) is 155 Å². The summed E-state index contributed by atoms with van der Waals surface area (Å²) >= 11 is 9.71. The second-order valence-corrected chi connectivity index (χ2v) is 39.7. The molecule has 0 aliphatic heterocycles. The molecular weight excluding hydrogens is 1930 g/mol. The van der Waals surface area contributed by atoms with Gasteiger partial charge in [-0.25, -0.2) is 4.39 Å². The minimum absolute atomic E-state index is 0.0433. The average Bonchev–Trinajstić information content (AvgIpc) is 1.68. The van der Waals surface area contributed by atoms with Gasteiger partial charge in [-0.3, -0.25) is 49.5 Å². The zero-order chi connectivity index (χ0) is 99.4. The standard InChI is InChI=1S/C26H20FN3O2.C22H17N3O2S2.C21H22N4O2S.C21H15N3O2S2.C20H19N3O3S/c1-32-21-8-4-7-20(14-21)26(31)28-15-16-11-22-24(29-30-25(22)23(27)12-16)19-10-9-17-5-2-3-6-18(17)13-19;1-27-22-16(23-19(26)12-14-6-4-10-28-14)9-8-15-20(22)21(25-24-15)18-11-13-5-2-3-7-17(13)29-18;1-25(2)11-10-18(26)22-15-9-8-14-19(21(15)27-3)20(24-23-14)17-12-13-6-4-5-7-16(13)28-17;1-26-20-14(22-21(25)16-7-4-10-27-16)9-8-13-18(20)19(24-23-13)17-11-12-5-2-3-6-15(12)28-17;1-25-10-9-17(24)21-14-8-7-13-18(20(14)26-2)19(23-22-13)16-11-12-5-3-4-6-15(12)27-16/h2-14H,15H2,1H3,(H,28,31)(H,29,30);2-11H,12H2,1H3,(H,23,26)(H,24,25);4-9,12H,10-11H2,1-3H3,(H,22,26)(H,23,24);2-11H,1H3,(H,22,25)(H,23,24);3-8,11H,9-10H2,1-2H3,(H,21,24)(H,22,23). The molecule has 0 unspecified atom stereocenters. The summed E-state index contributed by atoms with van der Waals surface area (Å²) < 4.78 is 52.5. The largest absolute Gasteiger partial charge is 0.497 e. The molecule has 0 fully saturated rings. The highest BCUT2D eigenvalue weighted by atomic mass is 32.1. The Morgan fingerprint density at radius 1 is 0.382 bits per heavy atom. The van der Waals surface area contributed by atoms with E-state index in [2.05, 4.69) is 156 Å². The van der Waals surface area contributed by atoms with Gasteiger partial charge in [-0.2, -0.15) is 25.5 Å². The normalized spacial score (nSPS) is 11.2. The molecule has 0 saturated heterocycles. The third kappa shape index (κ3) is 21.0. The van der Waals surface area contributed by atoms with Crippen molar-refractivity contribution in [3.63, 3.8) is 0 Å². The molecule has 144 heavy (non-hydrogen) atoms. The van der Waals surface area contributed by atoms with Crippen LogP contribution in [0.3, 0.4) is 0 Å². The number of benzene rings is 12. The topological polar surface area (TPSA) is 348 Å². The van der Waals surface area contributed by atoms with E-state index in [1.54, 1.807) is 130 Å². The van der Waals surface area contributed by atoms with Crippen molar-refractivity contribution in [2.24, 2.45) is 0 Å². The Labute approximate surface area is 847 Å². The molecule has 23 aromatic rings. The fourth-order valence-corrected chi connectivity index (χ4v) is 22.4. The maximum atomic E-state index is 14.8. The van der Waals surface area contributed by atoms with Crippen molar-refractivity contribution in [2.45, 2.75) is 25.8 Å². The summed E-state index contributed by atoms with van der Waals surface area (Å²) in [6.07, 6.45) is 1.04.